The van der Waals surface area contributed by atoms with Gasteiger partial charge in [-0.2, -0.15) is 5.26 Å². The van der Waals surface area contributed by atoms with Crippen LogP contribution < -0.4 is 0 Å². The van der Waals surface area contributed by atoms with Crippen LogP contribution in [0.5, 0.6) is 0 Å². The average Bonchev–Trinajstić information content (AvgIpc) is 1.98. The van der Waals surface area contributed by atoms with E-state index in [-0.39, 0.29) is 6.10 Å². The molecule has 0 aliphatic heterocycles. The molecular weight excluding hydrogens is 126 g/mol. The zero-order chi connectivity index (χ0) is 7.82. The van der Waals surface area contributed by atoms with Crippen LogP contribution in [0.1, 0.15) is 19.8 Å². The van der Waals surface area contributed by atoms with Crippen molar-refractivity contribution >= 4 is 0 Å². The fourth-order valence-corrected chi connectivity index (χ4v) is 0.569. The molecule has 1 unspecified atom stereocenters. The molecule has 0 saturated carbocycles. The number of hydrogen-bond acceptors (Lipinski definition) is 2. The Hall–Kier alpha value is -0.810. The number of hydrogen-bond donors (Lipinski definition) is 0. The smallest absolute Gasteiger partial charge is 0.0883 e. The van der Waals surface area contributed by atoms with E-state index in [1.54, 1.807) is 6.08 Å². The monoisotopic (exact) mass is 139 g/mol. The van der Waals surface area contributed by atoms with Crippen LogP contribution in [-0.4, -0.2) is 12.7 Å². The highest BCUT2D eigenvalue weighted by Crippen LogP contribution is 1.98. The van der Waals surface area contributed by atoms with Crippen molar-refractivity contribution in [2.24, 2.45) is 0 Å². The second kappa shape index (κ2) is 6.31. The quantitative estimate of drug-likeness (QED) is 0.545. The molecule has 0 saturated heterocycles. The van der Waals surface area contributed by atoms with E-state index in [1.165, 1.54) is 0 Å². The van der Waals surface area contributed by atoms with Gasteiger partial charge in [-0.25, -0.2) is 0 Å². The van der Waals surface area contributed by atoms with Gasteiger partial charge in [-0.1, -0.05) is 13.0 Å². The molecule has 0 amide bonds. The van der Waals surface area contributed by atoms with E-state index in [2.05, 4.69) is 6.58 Å². The van der Waals surface area contributed by atoms with Gasteiger partial charge < -0.3 is 4.74 Å². The van der Waals surface area contributed by atoms with Crippen molar-refractivity contribution in [1.29, 1.82) is 5.26 Å². The van der Waals surface area contributed by atoms with E-state index >= 15 is 0 Å². The predicted molar refractivity (Wildman–Crippen MR) is 40.5 cm³/mol. The summed E-state index contributed by atoms with van der Waals surface area (Å²) < 4.78 is 5.24. The van der Waals surface area contributed by atoms with Crippen molar-refractivity contribution in [1.82, 2.24) is 0 Å². The van der Waals surface area contributed by atoms with Crippen molar-refractivity contribution in [3.05, 3.63) is 12.7 Å². The Bertz CT molecular complexity index is 126. The molecule has 56 valence electrons. The third-order valence-electron chi connectivity index (χ3n) is 1.09. The molecule has 10 heavy (non-hydrogen) atoms. The van der Waals surface area contributed by atoms with Gasteiger partial charge in [0.15, 0.2) is 0 Å². The zero-order valence-electron chi connectivity index (χ0n) is 6.34. The summed E-state index contributed by atoms with van der Waals surface area (Å²) in [4.78, 5) is 0. The van der Waals surface area contributed by atoms with Gasteiger partial charge in [0.2, 0.25) is 0 Å². The Morgan fingerprint density at radius 2 is 2.50 bits per heavy atom. The molecule has 0 radical (unpaired) electrons. The van der Waals surface area contributed by atoms with Crippen LogP contribution >= 0.6 is 0 Å². The Labute approximate surface area is 62.1 Å². The van der Waals surface area contributed by atoms with Crippen LogP contribution in [0.25, 0.3) is 0 Å². The molecule has 0 aromatic rings. The lowest BCUT2D eigenvalue weighted by Gasteiger charge is -2.07. The molecule has 0 heterocycles. The van der Waals surface area contributed by atoms with Crippen LogP contribution in [0.3, 0.4) is 0 Å². The van der Waals surface area contributed by atoms with Crippen LogP contribution in [0.15, 0.2) is 12.7 Å². The molecule has 2 nitrogen and oxygen atoms in total. The molecule has 0 bridgehead atoms. The lowest BCUT2D eigenvalue weighted by Crippen LogP contribution is -2.08. The Kier molecular flexibility index (Phi) is 5.80. The normalized spacial score (nSPS) is 12.0. The van der Waals surface area contributed by atoms with Crippen molar-refractivity contribution in [3.63, 3.8) is 0 Å². The molecule has 0 aliphatic rings. The SMILES string of the molecule is C=CC(CC#N)OCCC. The standard InChI is InChI=1S/C8H13NO/c1-3-7-10-8(4-2)5-6-9/h4,8H,2-3,5,7H2,1H3. The van der Waals surface area contributed by atoms with Crippen molar-refractivity contribution in [2.75, 3.05) is 6.61 Å². The van der Waals surface area contributed by atoms with E-state index in [0.717, 1.165) is 6.42 Å². The van der Waals surface area contributed by atoms with Crippen molar-refractivity contribution in [2.45, 2.75) is 25.9 Å². The summed E-state index contributed by atoms with van der Waals surface area (Å²) in [5, 5.41) is 8.29. The number of rotatable bonds is 5. The van der Waals surface area contributed by atoms with Crippen LogP contribution in [0.4, 0.5) is 0 Å². The second-order valence-corrected chi connectivity index (χ2v) is 2.01. The molecule has 0 aromatic carbocycles. The Morgan fingerprint density at radius 1 is 1.80 bits per heavy atom. The molecule has 0 fully saturated rings. The first-order valence-corrected chi connectivity index (χ1v) is 3.46. The fraction of sp³-hybridized carbons (Fsp3) is 0.625. The Balaban J connectivity index is 3.41. The van der Waals surface area contributed by atoms with Gasteiger partial charge >= 0.3 is 0 Å². The van der Waals surface area contributed by atoms with Crippen molar-refractivity contribution in [3.8, 4) is 6.07 Å². The van der Waals surface area contributed by atoms with Crippen LogP contribution in [0, 0.1) is 11.3 Å². The minimum Gasteiger partial charge on any atom is -0.373 e. The third kappa shape index (κ3) is 4.11. The van der Waals surface area contributed by atoms with Gasteiger partial charge in [-0.3, -0.25) is 0 Å². The maximum atomic E-state index is 8.29. The first-order chi connectivity index (χ1) is 4.85. The van der Waals surface area contributed by atoms with E-state index in [0.29, 0.717) is 13.0 Å². The summed E-state index contributed by atoms with van der Waals surface area (Å²) in [5.74, 6) is 0. The minimum atomic E-state index is -0.0788. The topological polar surface area (TPSA) is 33.0 Å². The molecule has 0 spiro atoms. The summed E-state index contributed by atoms with van der Waals surface area (Å²) in [6, 6.07) is 2.03. The second-order valence-electron chi connectivity index (χ2n) is 2.01. The summed E-state index contributed by atoms with van der Waals surface area (Å²) in [7, 11) is 0. The van der Waals surface area contributed by atoms with Gasteiger partial charge in [0.05, 0.1) is 18.6 Å². The molecule has 0 rings (SSSR count). The largest absolute Gasteiger partial charge is 0.373 e. The lowest BCUT2D eigenvalue weighted by molar-refractivity contribution is 0.0890. The molecule has 2 heteroatoms. The van der Waals surface area contributed by atoms with E-state index in [4.69, 9.17) is 10.00 Å². The molecular formula is C8H13NO. The van der Waals surface area contributed by atoms with Crippen molar-refractivity contribution < 1.29 is 4.74 Å². The van der Waals surface area contributed by atoms with E-state index in [1.807, 2.05) is 13.0 Å². The van der Waals surface area contributed by atoms with E-state index < -0.39 is 0 Å². The average molecular weight is 139 g/mol. The summed E-state index contributed by atoms with van der Waals surface area (Å²) in [6.07, 6.45) is 2.97. The maximum Gasteiger partial charge on any atom is 0.0883 e. The van der Waals surface area contributed by atoms with Gasteiger partial charge in [0.1, 0.15) is 0 Å². The summed E-state index contributed by atoms with van der Waals surface area (Å²) in [6.45, 7) is 6.30. The number of ether oxygens (including phenoxy) is 1. The van der Waals surface area contributed by atoms with Crippen LogP contribution in [-0.2, 0) is 4.74 Å². The molecule has 0 aromatic heterocycles. The predicted octanol–water partition coefficient (Wildman–Crippen LogP) is 1.88. The van der Waals surface area contributed by atoms with Gasteiger partial charge in [-0.05, 0) is 6.42 Å². The number of nitrogens with zero attached hydrogens (tertiary/aromatic N) is 1. The lowest BCUT2D eigenvalue weighted by atomic mass is 10.3. The zero-order valence-corrected chi connectivity index (χ0v) is 6.34. The first kappa shape index (κ1) is 9.19. The molecule has 0 aliphatic carbocycles. The maximum absolute atomic E-state index is 8.29. The highest BCUT2D eigenvalue weighted by Gasteiger charge is 2.00. The molecule has 1 atom stereocenters. The minimum absolute atomic E-state index is 0.0788. The van der Waals surface area contributed by atoms with Gasteiger partial charge in [-0.15, -0.1) is 6.58 Å². The third-order valence-corrected chi connectivity index (χ3v) is 1.09. The summed E-state index contributed by atoms with van der Waals surface area (Å²) in [5.41, 5.74) is 0. The highest BCUT2D eigenvalue weighted by molar-refractivity contribution is 4.87. The van der Waals surface area contributed by atoms with Gasteiger partial charge in [0.25, 0.3) is 0 Å². The Morgan fingerprint density at radius 3 is 2.90 bits per heavy atom. The van der Waals surface area contributed by atoms with E-state index in [9.17, 15) is 0 Å². The highest BCUT2D eigenvalue weighted by atomic mass is 16.5. The molecule has 0 N–H and O–H groups in total. The van der Waals surface area contributed by atoms with Crippen LogP contribution in [0.2, 0.25) is 0 Å². The first-order valence-electron chi connectivity index (χ1n) is 3.46. The van der Waals surface area contributed by atoms with Gasteiger partial charge in [0, 0.05) is 6.61 Å². The summed E-state index contributed by atoms with van der Waals surface area (Å²) >= 11 is 0. The number of nitriles is 1. The fourth-order valence-electron chi connectivity index (χ4n) is 0.569.